The lowest BCUT2D eigenvalue weighted by Crippen LogP contribution is -1.73. The lowest BCUT2D eigenvalue weighted by atomic mass is 10.2. The fraction of sp³-hybridized carbons (Fsp3) is 0.143. The van der Waals surface area contributed by atoms with E-state index in [4.69, 9.17) is 0 Å². The Morgan fingerprint density at radius 2 is 1.47 bits per heavy atom. The smallest absolute Gasteiger partial charge is 0.100 e. The molecule has 0 heterocycles. The van der Waals surface area contributed by atoms with Crippen molar-refractivity contribution in [2.75, 3.05) is 0 Å². The molecule has 0 aliphatic carbocycles. The lowest BCUT2D eigenvalue weighted by molar-refractivity contribution is 1.21. The number of halogens is 1. The highest BCUT2D eigenvalue weighted by atomic mass is 79.9. The summed E-state index contributed by atoms with van der Waals surface area (Å²) in [6, 6.07) is 14.0. The first-order chi connectivity index (χ1) is 8.15. The van der Waals surface area contributed by atoms with Crippen LogP contribution in [0.3, 0.4) is 0 Å². The molecule has 0 atom stereocenters. The lowest BCUT2D eigenvalue weighted by Gasteiger charge is -1.99. The van der Waals surface area contributed by atoms with Crippen molar-refractivity contribution in [1.29, 1.82) is 0 Å². The molecule has 17 heavy (non-hydrogen) atoms. The Morgan fingerprint density at radius 3 is 2.18 bits per heavy atom. The van der Waals surface area contributed by atoms with Crippen molar-refractivity contribution in [3.63, 3.8) is 0 Å². The minimum absolute atomic E-state index is 0.852. The van der Waals surface area contributed by atoms with Gasteiger partial charge in [-0.05, 0) is 59.6 Å². The van der Waals surface area contributed by atoms with E-state index in [2.05, 4.69) is 33.1 Å². The van der Waals surface area contributed by atoms with E-state index in [1.165, 1.54) is 11.1 Å². The van der Waals surface area contributed by atoms with Crippen LogP contribution in [0.1, 0.15) is 11.1 Å². The van der Waals surface area contributed by atoms with Crippen LogP contribution in [-0.4, -0.2) is 0 Å². The Labute approximate surface area is 110 Å². The van der Waals surface area contributed by atoms with E-state index >= 15 is 0 Å². The molecular formula is C14H13BrN2. The van der Waals surface area contributed by atoms with E-state index < -0.39 is 0 Å². The first-order valence-electron chi connectivity index (χ1n) is 5.40. The van der Waals surface area contributed by atoms with Crippen molar-refractivity contribution in [1.82, 2.24) is 0 Å². The number of aryl methyl sites for hydroxylation is 2. The Balaban J connectivity index is 2.25. The molecule has 0 saturated heterocycles. The summed E-state index contributed by atoms with van der Waals surface area (Å²) in [5.41, 5.74) is 4.11. The molecule has 0 unspecified atom stereocenters. The summed E-state index contributed by atoms with van der Waals surface area (Å²) in [6.07, 6.45) is 0. The number of rotatable bonds is 2. The van der Waals surface area contributed by atoms with Crippen LogP contribution in [0, 0.1) is 13.8 Å². The molecule has 2 aromatic rings. The summed E-state index contributed by atoms with van der Waals surface area (Å²) in [7, 11) is 0. The normalized spacial score (nSPS) is 11.0. The van der Waals surface area contributed by atoms with Crippen molar-refractivity contribution in [2.45, 2.75) is 13.8 Å². The molecular weight excluding hydrogens is 276 g/mol. The van der Waals surface area contributed by atoms with E-state index in [0.29, 0.717) is 0 Å². The van der Waals surface area contributed by atoms with E-state index in [9.17, 15) is 0 Å². The van der Waals surface area contributed by atoms with Crippen LogP contribution < -0.4 is 0 Å². The van der Waals surface area contributed by atoms with Gasteiger partial charge in [0, 0.05) is 4.47 Å². The fourth-order valence-electron chi connectivity index (χ4n) is 1.42. The van der Waals surface area contributed by atoms with Gasteiger partial charge in [0.1, 0.15) is 5.69 Å². The largest absolute Gasteiger partial charge is 0.151 e. The molecule has 3 heteroatoms. The molecule has 0 spiro atoms. The maximum absolute atomic E-state index is 4.24. The predicted molar refractivity (Wildman–Crippen MR) is 74.2 cm³/mol. The second-order valence-corrected chi connectivity index (χ2v) is 4.84. The zero-order valence-corrected chi connectivity index (χ0v) is 11.4. The molecule has 2 rings (SSSR count). The van der Waals surface area contributed by atoms with Gasteiger partial charge in [0.05, 0.1) is 5.69 Å². The van der Waals surface area contributed by atoms with Crippen LogP contribution in [0.5, 0.6) is 0 Å². The third-order valence-electron chi connectivity index (χ3n) is 2.41. The van der Waals surface area contributed by atoms with E-state index in [0.717, 1.165) is 15.8 Å². The second kappa shape index (κ2) is 5.23. The van der Waals surface area contributed by atoms with Crippen LogP contribution in [0.15, 0.2) is 57.2 Å². The van der Waals surface area contributed by atoms with Crippen molar-refractivity contribution >= 4 is 27.3 Å². The summed E-state index contributed by atoms with van der Waals surface area (Å²) in [6.45, 7) is 4.09. The quantitative estimate of drug-likeness (QED) is 0.654. The van der Waals surface area contributed by atoms with E-state index in [1.54, 1.807) is 0 Å². The van der Waals surface area contributed by atoms with Crippen LogP contribution in [0.4, 0.5) is 11.4 Å². The topological polar surface area (TPSA) is 24.7 Å². The van der Waals surface area contributed by atoms with Crippen molar-refractivity contribution in [3.8, 4) is 0 Å². The molecule has 0 amide bonds. The number of hydrogen-bond donors (Lipinski definition) is 0. The van der Waals surface area contributed by atoms with Gasteiger partial charge < -0.3 is 0 Å². The number of azo groups is 1. The maximum Gasteiger partial charge on any atom is 0.100 e. The molecule has 2 nitrogen and oxygen atoms in total. The molecule has 0 fully saturated rings. The van der Waals surface area contributed by atoms with Crippen LogP contribution in [-0.2, 0) is 0 Å². The molecule has 0 N–H and O–H groups in total. The summed E-state index contributed by atoms with van der Waals surface area (Å²) < 4.78 is 0.957. The molecule has 0 aromatic heterocycles. The van der Waals surface area contributed by atoms with Crippen molar-refractivity contribution in [2.24, 2.45) is 10.2 Å². The van der Waals surface area contributed by atoms with Gasteiger partial charge in [0.15, 0.2) is 0 Å². The highest BCUT2D eigenvalue weighted by Gasteiger charge is 1.98. The monoisotopic (exact) mass is 288 g/mol. The highest BCUT2D eigenvalue weighted by Crippen LogP contribution is 2.28. The number of hydrogen-bond acceptors (Lipinski definition) is 2. The van der Waals surface area contributed by atoms with Gasteiger partial charge in [0.25, 0.3) is 0 Å². The number of benzene rings is 2. The Hall–Kier alpha value is -1.48. The summed E-state index contributed by atoms with van der Waals surface area (Å²) >= 11 is 3.46. The van der Waals surface area contributed by atoms with Gasteiger partial charge in [-0.1, -0.05) is 23.8 Å². The third kappa shape index (κ3) is 3.24. The van der Waals surface area contributed by atoms with Gasteiger partial charge in [-0.2, -0.15) is 5.11 Å². The van der Waals surface area contributed by atoms with Crippen LogP contribution >= 0.6 is 15.9 Å². The summed E-state index contributed by atoms with van der Waals surface area (Å²) in [5, 5.41) is 8.46. The van der Waals surface area contributed by atoms with Crippen LogP contribution in [0.2, 0.25) is 0 Å². The highest BCUT2D eigenvalue weighted by molar-refractivity contribution is 9.10. The van der Waals surface area contributed by atoms with Gasteiger partial charge in [0.2, 0.25) is 0 Å². The van der Waals surface area contributed by atoms with E-state index in [-0.39, 0.29) is 0 Å². The summed E-state index contributed by atoms with van der Waals surface area (Å²) in [4.78, 5) is 0. The molecule has 86 valence electrons. The Kier molecular flexibility index (Phi) is 3.69. The van der Waals surface area contributed by atoms with Gasteiger partial charge in [-0.15, -0.1) is 5.11 Å². The maximum atomic E-state index is 4.24. The van der Waals surface area contributed by atoms with Crippen molar-refractivity contribution < 1.29 is 0 Å². The van der Waals surface area contributed by atoms with Gasteiger partial charge in [-0.25, -0.2) is 0 Å². The molecule has 2 aromatic carbocycles. The molecule has 0 saturated carbocycles. The predicted octanol–water partition coefficient (Wildman–Crippen LogP) is 5.48. The first kappa shape index (κ1) is 12.0. The van der Waals surface area contributed by atoms with Gasteiger partial charge in [-0.3, -0.25) is 0 Å². The average molecular weight is 289 g/mol. The third-order valence-corrected chi connectivity index (χ3v) is 3.08. The summed E-state index contributed by atoms with van der Waals surface area (Å²) in [5.74, 6) is 0. The molecule has 0 aliphatic rings. The minimum atomic E-state index is 0.852. The molecule has 0 aliphatic heterocycles. The molecule has 0 bridgehead atoms. The average Bonchev–Trinajstić information content (AvgIpc) is 2.32. The zero-order valence-electron chi connectivity index (χ0n) is 9.81. The Morgan fingerprint density at radius 1 is 0.824 bits per heavy atom. The molecule has 0 radical (unpaired) electrons. The standard InChI is InChI=1S/C14H13BrN2/c1-10-3-6-12(7-4-10)16-17-14-9-11(2)5-8-13(14)15/h3-9H,1-2H3. The first-order valence-corrected chi connectivity index (χ1v) is 6.19. The van der Waals surface area contributed by atoms with Gasteiger partial charge >= 0.3 is 0 Å². The second-order valence-electron chi connectivity index (χ2n) is 3.99. The number of nitrogens with zero attached hydrogens (tertiary/aromatic N) is 2. The van der Waals surface area contributed by atoms with Crippen molar-refractivity contribution in [3.05, 3.63) is 58.1 Å². The van der Waals surface area contributed by atoms with Crippen LogP contribution in [0.25, 0.3) is 0 Å². The van der Waals surface area contributed by atoms with E-state index in [1.807, 2.05) is 49.4 Å². The SMILES string of the molecule is Cc1ccc(N=Nc2cc(C)ccc2Br)cc1. The Bertz CT molecular complexity index is 545. The zero-order chi connectivity index (χ0) is 12.3. The minimum Gasteiger partial charge on any atom is -0.151 e. The fourth-order valence-corrected chi connectivity index (χ4v) is 1.75.